The highest BCUT2D eigenvalue weighted by atomic mass is 16.2. The summed E-state index contributed by atoms with van der Waals surface area (Å²) in [7, 11) is 0. The van der Waals surface area contributed by atoms with E-state index in [1.807, 2.05) is 48.2 Å². The van der Waals surface area contributed by atoms with Crippen molar-refractivity contribution in [3.8, 4) is 0 Å². The van der Waals surface area contributed by atoms with Crippen molar-refractivity contribution in [1.82, 2.24) is 10.2 Å². The number of benzene rings is 2. The largest absolute Gasteiger partial charge is 0.356 e. The van der Waals surface area contributed by atoms with Crippen molar-refractivity contribution >= 4 is 11.8 Å². The predicted molar refractivity (Wildman–Crippen MR) is 110 cm³/mol. The van der Waals surface area contributed by atoms with Crippen LogP contribution in [0.4, 0.5) is 0 Å². The van der Waals surface area contributed by atoms with Gasteiger partial charge in [0, 0.05) is 31.1 Å². The summed E-state index contributed by atoms with van der Waals surface area (Å²) < 4.78 is 0. The minimum absolute atomic E-state index is 0.0103. The Labute approximate surface area is 166 Å². The van der Waals surface area contributed by atoms with Crippen molar-refractivity contribution in [3.63, 3.8) is 0 Å². The molecular formula is C24H28N2O2. The van der Waals surface area contributed by atoms with Crippen molar-refractivity contribution in [1.29, 1.82) is 0 Å². The van der Waals surface area contributed by atoms with Crippen LogP contribution in [-0.4, -0.2) is 36.3 Å². The monoisotopic (exact) mass is 376 g/mol. The van der Waals surface area contributed by atoms with E-state index in [2.05, 4.69) is 24.4 Å². The molecule has 4 rings (SSSR count). The van der Waals surface area contributed by atoms with Gasteiger partial charge in [0.2, 0.25) is 5.91 Å². The summed E-state index contributed by atoms with van der Waals surface area (Å²) in [6, 6.07) is 15.9. The van der Waals surface area contributed by atoms with Gasteiger partial charge in [0.15, 0.2) is 0 Å². The molecule has 146 valence electrons. The highest BCUT2D eigenvalue weighted by molar-refractivity contribution is 5.95. The van der Waals surface area contributed by atoms with E-state index in [4.69, 9.17) is 0 Å². The number of hydrogen-bond donors (Lipinski definition) is 1. The molecule has 28 heavy (non-hydrogen) atoms. The molecule has 1 aliphatic heterocycles. The van der Waals surface area contributed by atoms with E-state index in [0.717, 1.165) is 12.1 Å². The molecule has 1 saturated heterocycles. The molecule has 2 fully saturated rings. The lowest BCUT2D eigenvalue weighted by Gasteiger charge is -2.20. The lowest BCUT2D eigenvalue weighted by atomic mass is 9.86. The normalized spacial score (nSPS) is 21.6. The molecule has 0 unspecified atom stereocenters. The first-order chi connectivity index (χ1) is 13.5. The predicted octanol–water partition coefficient (Wildman–Crippen LogP) is 3.69. The third kappa shape index (κ3) is 3.96. The first-order valence-electron chi connectivity index (χ1n) is 10.2. The number of nitrogens with one attached hydrogen (secondary N) is 1. The molecule has 4 heteroatoms. The van der Waals surface area contributed by atoms with Crippen LogP contribution >= 0.6 is 0 Å². The topological polar surface area (TPSA) is 49.4 Å². The summed E-state index contributed by atoms with van der Waals surface area (Å²) in [6.07, 6.45) is 2.43. The second-order valence-electron chi connectivity index (χ2n) is 8.33. The third-order valence-electron chi connectivity index (χ3n) is 6.09. The van der Waals surface area contributed by atoms with Gasteiger partial charge in [-0.2, -0.15) is 0 Å². The summed E-state index contributed by atoms with van der Waals surface area (Å²) in [5, 5.41) is 3.14. The zero-order valence-electron chi connectivity index (χ0n) is 16.7. The van der Waals surface area contributed by atoms with Crippen molar-refractivity contribution in [3.05, 3.63) is 70.8 Å². The Morgan fingerprint density at radius 3 is 2.39 bits per heavy atom. The van der Waals surface area contributed by atoms with Crippen LogP contribution in [0, 0.1) is 25.7 Å². The van der Waals surface area contributed by atoms with Gasteiger partial charge in [-0.25, -0.2) is 0 Å². The third-order valence-corrected chi connectivity index (χ3v) is 6.09. The summed E-state index contributed by atoms with van der Waals surface area (Å²) >= 11 is 0. The minimum Gasteiger partial charge on any atom is -0.356 e. The zero-order valence-corrected chi connectivity index (χ0v) is 16.7. The van der Waals surface area contributed by atoms with E-state index in [1.54, 1.807) is 0 Å². The van der Waals surface area contributed by atoms with Gasteiger partial charge in [0.1, 0.15) is 0 Å². The van der Waals surface area contributed by atoms with E-state index >= 15 is 0 Å². The number of hydrogen-bond acceptors (Lipinski definition) is 2. The fourth-order valence-electron chi connectivity index (χ4n) is 4.13. The Morgan fingerprint density at radius 2 is 1.71 bits per heavy atom. The molecule has 2 amide bonds. The van der Waals surface area contributed by atoms with E-state index in [-0.39, 0.29) is 23.7 Å². The quantitative estimate of drug-likeness (QED) is 0.865. The van der Waals surface area contributed by atoms with Gasteiger partial charge < -0.3 is 10.2 Å². The average Bonchev–Trinajstić information content (AvgIpc) is 3.43. The van der Waals surface area contributed by atoms with Gasteiger partial charge in [-0.3, -0.25) is 9.59 Å². The number of likely N-dealkylation sites (tertiary alicyclic amines) is 1. The van der Waals surface area contributed by atoms with Crippen molar-refractivity contribution in [2.75, 3.05) is 19.6 Å². The highest BCUT2D eigenvalue weighted by Gasteiger charge is 2.41. The van der Waals surface area contributed by atoms with Crippen LogP contribution in [0.25, 0.3) is 0 Å². The summed E-state index contributed by atoms with van der Waals surface area (Å²) in [5.41, 5.74) is 4.17. The second-order valence-corrected chi connectivity index (χ2v) is 8.33. The van der Waals surface area contributed by atoms with Crippen molar-refractivity contribution in [2.45, 2.75) is 32.6 Å². The molecular weight excluding hydrogens is 348 g/mol. The van der Waals surface area contributed by atoms with Crippen molar-refractivity contribution < 1.29 is 9.59 Å². The zero-order chi connectivity index (χ0) is 19.7. The Hall–Kier alpha value is -2.62. The standard InChI is InChI=1S/C24H28N2O2/c1-16-7-11-19(12-8-16)24(28)26-14-21(20-6-4-3-5-17(20)2)22(15-26)23(27)25-13-18-9-10-18/h3-8,11-12,18,21-22H,9-10,13-15H2,1-2H3,(H,25,27)/t21-,22-/m1/s1. The first kappa shape index (κ1) is 18.7. The highest BCUT2D eigenvalue weighted by Crippen LogP contribution is 2.36. The first-order valence-corrected chi connectivity index (χ1v) is 10.2. The van der Waals surface area contributed by atoms with Crippen LogP contribution in [0.5, 0.6) is 0 Å². The molecule has 0 bridgehead atoms. The summed E-state index contributed by atoms with van der Waals surface area (Å²) in [4.78, 5) is 27.9. The van der Waals surface area contributed by atoms with Crippen LogP contribution in [0.2, 0.25) is 0 Å². The lowest BCUT2D eigenvalue weighted by molar-refractivity contribution is -0.125. The molecule has 0 spiro atoms. The van der Waals surface area contributed by atoms with Gasteiger partial charge in [-0.1, -0.05) is 42.0 Å². The van der Waals surface area contributed by atoms with Crippen molar-refractivity contribution in [2.24, 2.45) is 11.8 Å². The minimum atomic E-state index is -0.200. The van der Waals surface area contributed by atoms with Crippen LogP contribution in [0.1, 0.15) is 45.8 Å². The van der Waals surface area contributed by atoms with E-state index < -0.39 is 0 Å². The van der Waals surface area contributed by atoms with Gasteiger partial charge in [-0.05, 0) is 55.9 Å². The van der Waals surface area contributed by atoms with Gasteiger partial charge in [-0.15, -0.1) is 0 Å². The second kappa shape index (κ2) is 7.78. The molecule has 1 aliphatic carbocycles. The number of carbonyl (C=O) groups is 2. The molecule has 2 aromatic rings. The Kier molecular flexibility index (Phi) is 5.21. The fourth-order valence-corrected chi connectivity index (χ4v) is 4.13. The van der Waals surface area contributed by atoms with Crippen LogP contribution in [0.15, 0.2) is 48.5 Å². The number of nitrogens with zero attached hydrogens (tertiary/aromatic N) is 1. The van der Waals surface area contributed by atoms with E-state index in [9.17, 15) is 9.59 Å². The maximum Gasteiger partial charge on any atom is 0.253 e. The summed E-state index contributed by atoms with van der Waals surface area (Å²) in [6.45, 7) is 5.92. The van der Waals surface area contributed by atoms with E-state index in [0.29, 0.717) is 24.6 Å². The van der Waals surface area contributed by atoms with Crippen LogP contribution < -0.4 is 5.32 Å². The van der Waals surface area contributed by atoms with Gasteiger partial charge in [0.05, 0.1) is 5.92 Å². The molecule has 0 radical (unpaired) electrons. The molecule has 2 atom stereocenters. The average molecular weight is 377 g/mol. The lowest BCUT2D eigenvalue weighted by Crippen LogP contribution is -2.36. The van der Waals surface area contributed by atoms with Crippen LogP contribution in [-0.2, 0) is 4.79 Å². The van der Waals surface area contributed by atoms with Gasteiger partial charge in [0.25, 0.3) is 5.91 Å². The van der Waals surface area contributed by atoms with Gasteiger partial charge >= 0.3 is 0 Å². The molecule has 1 N–H and O–H groups in total. The number of rotatable bonds is 5. The molecule has 1 saturated carbocycles. The molecule has 2 aromatic carbocycles. The SMILES string of the molecule is Cc1ccc(C(=O)N2C[C@H](c3ccccc3C)[C@H](C(=O)NCC3CC3)C2)cc1. The Bertz CT molecular complexity index is 870. The molecule has 0 aromatic heterocycles. The Balaban J connectivity index is 1.56. The number of carbonyl (C=O) groups excluding carboxylic acids is 2. The number of amides is 2. The van der Waals surface area contributed by atoms with E-state index in [1.165, 1.54) is 24.0 Å². The Morgan fingerprint density at radius 1 is 1.00 bits per heavy atom. The fraction of sp³-hybridized carbons (Fsp3) is 0.417. The molecule has 4 nitrogen and oxygen atoms in total. The smallest absolute Gasteiger partial charge is 0.253 e. The van der Waals surface area contributed by atoms with Crippen LogP contribution in [0.3, 0.4) is 0 Å². The molecule has 2 aliphatic rings. The molecule has 1 heterocycles. The maximum absolute atomic E-state index is 13.1. The number of aryl methyl sites for hydroxylation is 2. The summed E-state index contributed by atoms with van der Waals surface area (Å²) in [5.74, 6) is 0.576. The maximum atomic E-state index is 13.1.